The van der Waals surface area contributed by atoms with E-state index in [1.54, 1.807) is 0 Å². The highest BCUT2D eigenvalue weighted by Crippen LogP contribution is 2.40. The summed E-state index contributed by atoms with van der Waals surface area (Å²) in [7, 11) is 0. The number of halogens is 4. The van der Waals surface area contributed by atoms with Gasteiger partial charge in [0.25, 0.3) is 0 Å². The van der Waals surface area contributed by atoms with Gasteiger partial charge in [0.05, 0.1) is 5.56 Å². The van der Waals surface area contributed by atoms with Crippen molar-refractivity contribution in [2.24, 2.45) is 0 Å². The van der Waals surface area contributed by atoms with Gasteiger partial charge in [-0.15, -0.1) is 0 Å². The Morgan fingerprint density at radius 1 is 1.00 bits per heavy atom. The van der Waals surface area contributed by atoms with E-state index in [0.717, 1.165) is 38.2 Å². The molecule has 0 aliphatic heterocycles. The lowest BCUT2D eigenvalue weighted by atomic mass is 9.82. The first-order valence-electron chi connectivity index (χ1n) is 5.85. The molecule has 0 amide bonds. The van der Waals surface area contributed by atoms with Gasteiger partial charge in [-0.05, 0) is 36.5 Å². The maximum Gasteiger partial charge on any atom is 0.416 e. The van der Waals surface area contributed by atoms with E-state index in [1.807, 2.05) is 0 Å². The fourth-order valence-electron chi connectivity index (χ4n) is 2.54. The first-order valence-corrected chi connectivity index (χ1v) is 5.85. The Kier molecular flexibility index (Phi) is 3.40. The molecule has 0 radical (unpaired) electrons. The van der Waals surface area contributed by atoms with E-state index in [9.17, 15) is 17.6 Å². The summed E-state index contributed by atoms with van der Waals surface area (Å²) >= 11 is 0. The topological polar surface area (TPSA) is 0 Å². The van der Waals surface area contributed by atoms with Crippen LogP contribution < -0.4 is 0 Å². The largest absolute Gasteiger partial charge is 0.416 e. The van der Waals surface area contributed by atoms with Crippen LogP contribution in [0.3, 0.4) is 0 Å². The monoisotopic (exact) mass is 246 g/mol. The molecule has 1 saturated carbocycles. The van der Waals surface area contributed by atoms with Crippen molar-refractivity contribution in [1.82, 2.24) is 0 Å². The molecule has 0 bridgehead atoms. The highest BCUT2D eigenvalue weighted by atomic mass is 19.4. The first kappa shape index (κ1) is 12.4. The molecule has 17 heavy (non-hydrogen) atoms. The predicted octanol–water partition coefficient (Wildman–Crippen LogP) is 4.89. The van der Waals surface area contributed by atoms with Crippen LogP contribution in [0.15, 0.2) is 18.2 Å². The second-order valence-corrected chi connectivity index (χ2v) is 4.56. The summed E-state index contributed by atoms with van der Waals surface area (Å²) in [6.07, 6.45) is 0.0794. The third-order valence-electron chi connectivity index (χ3n) is 3.37. The van der Waals surface area contributed by atoms with Crippen molar-refractivity contribution in [1.29, 1.82) is 0 Å². The second kappa shape index (κ2) is 4.67. The van der Waals surface area contributed by atoms with Crippen LogP contribution in [0.25, 0.3) is 0 Å². The minimum atomic E-state index is -4.46. The van der Waals surface area contributed by atoms with Crippen molar-refractivity contribution in [2.45, 2.75) is 44.2 Å². The lowest BCUT2D eigenvalue weighted by molar-refractivity contribution is -0.138. The lowest BCUT2D eigenvalue weighted by Crippen LogP contribution is -2.14. The first-order chi connectivity index (χ1) is 7.98. The summed E-state index contributed by atoms with van der Waals surface area (Å²) < 4.78 is 51.4. The summed E-state index contributed by atoms with van der Waals surface area (Å²) in [5.74, 6) is -0.891. The zero-order valence-corrected chi connectivity index (χ0v) is 9.36. The molecule has 0 aromatic heterocycles. The van der Waals surface area contributed by atoms with E-state index in [-0.39, 0.29) is 11.5 Å². The quantitative estimate of drug-likeness (QED) is 0.619. The molecule has 4 heteroatoms. The van der Waals surface area contributed by atoms with Crippen LogP contribution in [-0.2, 0) is 6.18 Å². The van der Waals surface area contributed by atoms with Gasteiger partial charge in [0.1, 0.15) is 5.82 Å². The van der Waals surface area contributed by atoms with Gasteiger partial charge in [0.2, 0.25) is 0 Å². The van der Waals surface area contributed by atoms with E-state index in [4.69, 9.17) is 0 Å². The SMILES string of the molecule is Fc1ccc(C2CCCCC2)c(C(F)(F)F)c1. The average Bonchev–Trinajstić information content (AvgIpc) is 2.29. The van der Waals surface area contributed by atoms with Crippen molar-refractivity contribution in [2.75, 3.05) is 0 Å². The molecule has 0 spiro atoms. The number of rotatable bonds is 1. The van der Waals surface area contributed by atoms with Gasteiger partial charge in [-0.1, -0.05) is 25.3 Å². The summed E-state index contributed by atoms with van der Waals surface area (Å²) in [4.78, 5) is 0. The van der Waals surface area contributed by atoms with Crippen LogP contribution in [-0.4, -0.2) is 0 Å². The van der Waals surface area contributed by atoms with E-state index >= 15 is 0 Å². The van der Waals surface area contributed by atoms with E-state index in [1.165, 1.54) is 6.07 Å². The van der Waals surface area contributed by atoms with E-state index in [0.29, 0.717) is 6.07 Å². The Morgan fingerprint density at radius 3 is 2.24 bits per heavy atom. The Balaban J connectivity index is 2.38. The molecule has 0 nitrogen and oxygen atoms in total. The summed E-state index contributed by atoms with van der Waals surface area (Å²) in [5, 5.41) is 0. The van der Waals surface area contributed by atoms with Gasteiger partial charge in [0, 0.05) is 0 Å². The Hall–Kier alpha value is -1.06. The molecule has 0 unspecified atom stereocenters. The molecule has 1 aromatic carbocycles. The molecule has 94 valence electrons. The standard InChI is InChI=1S/C13H14F4/c14-10-6-7-11(9-4-2-1-3-5-9)12(8-10)13(15,16)17/h6-9H,1-5H2. The number of hydrogen-bond acceptors (Lipinski definition) is 0. The predicted molar refractivity (Wildman–Crippen MR) is 57.2 cm³/mol. The van der Waals surface area contributed by atoms with Crippen molar-refractivity contribution in [3.8, 4) is 0 Å². The van der Waals surface area contributed by atoms with Gasteiger partial charge in [-0.2, -0.15) is 13.2 Å². The third kappa shape index (κ3) is 2.79. The molecule has 0 saturated heterocycles. The third-order valence-corrected chi connectivity index (χ3v) is 3.37. The molecule has 1 aliphatic rings. The van der Waals surface area contributed by atoms with Gasteiger partial charge >= 0.3 is 6.18 Å². The summed E-state index contributed by atoms with van der Waals surface area (Å²) in [6, 6.07) is 3.04. The fourth-order valence-corrected chi connectivity index (χ4v) is 2.54. The normalized spacial score (nSPS) is 18.4. The fraction of sp³-hybridized carbons (Fsp3) is 0.538. The van der Waals surface area contributed by atoms with Crippen LogP contribution in [0, 0.1) is 5.82 Å². The summed E-state index contributed by atoms with van der Waals surface area (Å²) in [6.45, 7) is 0. The lowest BCUT2D eigenvalue weighted by Gasteiger charge is -2.25. The van der Waals surface area contributed by atoms with Crippen LogP contribution in [0.5, 0.6) is 0 Å². The molecule has 1 aliphatic carbocycles. The van der Waals surface area contributed by atoms with Crippen molar-refractivity contribution < 1.29 is 17.6 Å². The van der Waals surface area contributed by atoms with Crippen molar-refractivity contribution in [3.05, 3.63) is 35.1 Å². The number of benzene rings is 1. The van der Waals surface area contributed by atoms with E-state index < -0.39 is 17.6 Å². The molecular formula is C13H14F4. The maximum atomic E-state index is 12.9. The minimum absolute atomic E-state index is 0.0685. The van der Waals surface area contributed by atoms with E-state index in [2.05, 4.69) is 0 Å². The second-order valence-electron chi connectivity index (χ2n) is 4.56. The molecule has 1 aromatic rings. The minimum Gasteiger partial charge on any atom is -0.207 e. The van der Waals surface area contributed by atoms with Gasteiger partial charge in [-0.3, -0.25) is 0 Å². The molecule has 0 atom stereocenters. The van der Waals surface area contributed by atoms with Crippen molar-refractivity contribution in [3.63, 3.8) is 0 Å². The molecule has 0 N–H and O–H groups in total. The number of alkyl halides is 3. The molecular weight excluding hydrogens is 232 g/mol. The Labute approximate surface area is 97.6 Å². The molecule has 2 rings (SSSR count). The Morgan fingerprint density at radius 2 is 1.65 bits per heavy atom. The highest BCUT2D eigenvalue weighted by Gasteiger charge is 2.35. The zero-order chi connectivity index (χ0) is 12.5. The van der Waals surface area contributed by atoms with Crippen LogP contribution in [0.4, 0.5) is 17.6 Å². The Bertz CT molecular complexity index is 389. The van der Waals surface area contributed by atoms with Crippen molar-refractivity contribution >= 4 is 0 Å². The zero-order valence-electron chi connectivity index (χ0n) is 9.36. The smallest absolute Gasteiger partial charge is 0.207 e. The maximum absolute atomic E-state index is 12.9. The van der Waals surface area contributed by atoms with Gasteiger partial charge in [0.15, 0.2) is 0 Å². The van der Waals surface area contributed by atoms with Crippen LogP contribution in [0.2, 0.25) is 0 Å². The number of hydrogen-bond donors (Lipinski definition) is 0. The molecule has 1 fully saturated rings. The van der Waals surface area contributed by atoms with Gasteiger partial charge in [-0.25, -0.2) is 4.39 Å². The summed E-state index contributed by atoms with van der Waals surface area (Å²) in [5.41, 5.74) is -0.539. The average molecular weight is 246 g/mol. The van der Waals surface area contributed by atoms with Crippen LogP contribution in [0.1, 0.15) is 49.1 Å². The van der Waals surface area contributed by atoms with Crippen LogP contribution >= 0.6 is 0 Å². The highest BCUT2D eigenvalue weighted by molar-refractivity contribution is 5.33. The van der Waals surface area contributed by atoms with Gasteiger partial charge < -0.3 is 0 Å². The molecule has 0 heterocycles.